The minimum Gasteiger partial charge on any atom is -0.494 e. The maximum absolute atomic E-state index is 5.96. The molecule has 0 bridgehead atoms. The van der Waals surface area contributed by atoms with Gasteiger partial charge in [0.25, 0.3) is 0 Å². The van der Waals surface area contributed by atoms with Gasteiger partial charge < -0.3 is 9.47 Å². The van der Waals surface area contributed by atoms with Gasteiger partial charge in [-0.25, -0.2) is 9.97 Å². The Morgan fingerprint density at radius 3 is 1.33 bits per heavy atom. The molecule has 0 radical (unpaired) electrons. The normalized spacial score (nSPS) is 11.3. The van der Waals surface area contributed by atoms with E-state index < -0.39 is 0 Å². The molecule has 2 heterocycles. The van der Waals surface area contributed by atoms with Crippen molar-refractivity contribution in [3.05, 3.63) is 110 Å². The Balaban J connectivity index is 0.861. The highest BCUT2D eigenvalue weighted by molar-refractivity contribution is 5.78. The standard InChI is InChI=1S/C33H32N4O2/c1(2-8-22-38-28-18-14-26(15-19-28)36-24-34-30-10-4-6-12-32(30)36)3-9-23-39-29-20-16-27(17-21-29)37-25-35-31-11-5-7-13-33(31)37/h4-7,10-21,24-25H,1-3,8-9,22-23H2. The lowest BCUT2D eigenvalue weighted by atomic mass is 10.1. The van der Waals surface area contributed by atoms with E-state index in [1.54, 1.807) is 0 Å². The zero-order valence-corrected chi connectivity index (χ0v) is 21.9. The third-order valence-electron chi connectivity index (χ3n) is 6.96. The Labute approximate surface area is 228 Å². The van der Waals surface area contributed by atoms with Crippen molar-refractivity contribution >= 4 is 22.1 Å². The molecule has 39 heavy (non-hydrogen) atoms. The smallest absolute Gasteiger partial charge is 0.119 e. The predicted molar refractivity (Wildman–Crippen MR) is 156 cm³/mol. The molecule has 6 rings (SSSR count). The van der Waals surface area contributed by atoms with E-state index in [4.69, 9.17) is 9.47 Å². The van der Waals surface area contributed by atoms with Crippen molar-refractivity contribution in [1.29, 1.82) is 0 Å². The van der Waals surface area contributed by atoms with Gasteiger partial charge in [-0.2, -0.15) is 0 Å². The van der Waals surface area contributed by atoms with Gasteiger partial charge in [-0.1, -0.05) is 43.5 Å². The van der Waals surface area contributed by atoms with E-state index in [1.807, 2.05) is 73.3 Å². The van der Waals surface area contributed by atoms with E-state index in [0.29, 0.717) is 0 Å². The molecule has 0 aliphatic rings. The number of hydrogen-bond donors (Lipinski definition) is 0. The van der Waals surface area contributed by atoms with Gasteiger partial charge in [0, 0.05) is 11.4 Å². The fourth-order valence-electron chi connectivity index (χ4n) is 4.85. The lowest BCUT2D eigenvalue weighted by Crippen LogP contribution is -2.00. The lowest BCUT2D eigenvalue weighted by Gasteiger charge is -2.09. The molecule has 0 aliphatic heterocycles. The first-order chi connectivity index (χ1) is 19.3. The van der Waals surface area contributed by atoms with E-state index in [0.717, 1.165) is 83.8 Å². The average molecular weight is 517 g/mol. The number of rotatable bonds is 12. The van der Waals surface area contributed by atoms with Crippen LogP contribution in [0.1, 0.15) is 32.1 Å². The van der Waals surface area contributed by atoms with Gasteiger partial charge in [-0.05, 0) is 85.6 Å². The number of nitrogens with zero attached hydrogens (tertiary/aromatic N) is 4. The molecule has 2 aromatic heterocycles. The molecule has 6 heteroatoms. The summed E-state index contributed by atoms with van der Waals surface area (Å²) in [5, 5.41) is 0. The average Bonchev–Trinajstić information content (AvgIpc) is 3.62. The second-order valence-corrected chi connectivity index (χ2v) is 9.66. The lowest BCUT2D eigenvalue weighted by molar-refractivity contribution is 0.293. The highest BCUT2D eigenvalue weighted by atomic mass is 16.5. The number of fused-ring (bicyclic) bond motifs is 2. The van der Waals surface area contributed by atoms with Crippen molar-refractivity contribution in [2.24, 2.45) is 0 Å². The second-order valence-electron chi connectivity index (χ2n) is 9.66. The summed E-state index contributed by atoms with van der Waals surface area (Å²) in [4.78, 5) is 8.94. The van der Waals surface area contributed by atoms with Crippen LogP contribution < -0.4 is 9.47 Å². The maximum Gasteiger partial charge on any atom is 0.119 e. The van der Waals surface area contributed by atoms with Gasteiger partial charge in [0.1, 0.15) is 24.2 Å². The summed E-state index contributed by atoms with van der Waals surface area (Å²) in [5.41, 5.74) is 6.38. The van der Waals surface area contributed by atoms with Gasteiger partial charge in [-0.15, -0.1) is 0 Å². The minimum absolute atomic E-state index is 0.738. The zero-order valence-electron chi connectivity index (χ0n) is 21.9. The molecule has 0 atom stereocenters. The molecule has 0 saturated heterocycles. The van der Waals surface area contributed by atoms with Gasteiger partial charge in [0.05, 0.1) is 35.3 Å². The molecule has 196 valence electrons. The summed E-state index contributed by atoms with van der Waals surface area (Å²) >= 11 is 0. The number of aromatic nitrogens is 4. The van der Waals surface area contributed by atoms with Crippen LogP contribution in [0.15, 0.2) is 110 Å². The number of para-hydroxylation sites is 4. The van der Waals surface area contributed by atoms with Gasteiger partial charge >= 0.3 is 0 Å². The highest BCUT2D eigenvalue weighted by Gasteiger charge is 2.05. The number of unbranched alkanes of at least 4 members (excludes halogenated alkanes) is 4. The highest BCUT2D eigenvalue weighted by Crippen LogP contribution is 2.22. The Bertz CT molecular complexity index is 1510. The quantitative estimate of drug-likeness (QED) is 0.156. The van der Waals surface area contributed by atoms with Crippen LogP contribution in [0.25, 0.3) is 33.4 Å². The summed E-state index contributed by atoms with van der Waals surface area (Å²) in [6, 6.07) is 32.8. The third kappa shape index (κ3) is 5.80. The second kappa shape index (κ2) is 11.9. The zero-order chi connectivity index (χ0) is 26.3. The predicted octanol–water partition coefficient (Wildman–Crippen LogP) is 7.77. The first-order valence-corrected chi connectivity index (χ1v) is 13.7. The molecule has 4 aromatic carbocycles. The monoisotopic (exact) mass is 516 g/mol. The Morgan fingerprint density at radius 2 is 0.872 bits per heavy atom. The Morgan fingerprint density at radius 1 is 0.462 bits per heavy atom. The summed E-state index contributed by atoms with van der Waals surface area (Å²) in [6.45, 7) is 1.48. The van der Waals surface area contributed by atoms with E-state index in [-0.39, 0.29) is 0 Å². The number of benzene rings is 4. The van der Waals surface area contributed by atoms with Crippen LogP contribution in [0.4, 0.5) is 0 Å². The Hall–Kier alpha value is -4.58. The molecular weight excluding hydrogens is 484 g/mol. The number of ether oxygens (including phenoxy) is 2. The van der Waals surface area contributed by atoms with E-state index in [2.05, 4.69) is 55.5 Å². The molecule has 6 nitrogen and oxygen atoms in total. The van der Waals surface area contributed by atoms with Crippen LogP contribution in [0, 0.1) is 0 Å². The van der Waals surface area contributed by atoms with Crippen LogP contribution in [0.5, 0.6) is 11.5 Å². The van der Waals surface area contributed by atoms with E-state index >= 15 is 0 Å². The van der Waals surface area contributed by atoms with Crippen molar-refractivity contribution in [3.8, 4) is 22.9 Å². The summed E-state index contributed by atoms with van der Waals surface area (Å²) in [6.07, 6.45) is 9.35. The van der Waals surface area contributed by atoms with Crippen molar-refractivity contribution in [2.45, 2.75) is 32.1 Å². The van der Waals surface area contributed by atoms with Crippen molar-refractivity contribution < 1.29 is 9.47 Å². The van der Waals surface area contributed by atoms with Crippen LogP contribution in [0.3, 0.4) is 0 Å². The minimum atomic E-state index is 0.738. The van der Waals surface area contributed by atoms with Crippen LogP contribution in [-0.4, -0.2) is 32.3 Å². The number of imidazole rings is 2. The molecular formula is C33H32N4O2. The molecule has 0 amide bonds. The fraction of sp³-hybridized carbons (Fsp3) is 0.212. The van der Waals surface area contributed by atoms with Gasteiger partial charge in [0.15, 0.2) is 0 Å². The van der Waals surface area contributed by atoms with Crippen molar-refractivity contribution in [3.63, 3.8) is 0 Å². The van der Waals surface area contributed by atoms with Crippen LogP contribution >= 0.6 is 0 Å². The number of hydrogen-bond acceptors (Lipinski definition) is 4. The van der Waals surface area contributed by atoms with E-state index in [1.165, 1.54) is 6.42 Å². The van der Waals surface area contributed by atoms with Crippen LogP contribution in [-0.2, 0) is 0 Å². The van der Waals surface area contributed by atoms with E-state index in [9.17, 15) is 0 Å². The topological polar surface area (TPSA) is 54.1 Å². The maximum atomic E-state index is 5.96. The first-order valence-electron chi connectivity index (χ1n) is 13.7. The molecule has 0 fully saturated rings. The van der Waals surface area contributed by atoms with Crippen molar-refractivity contribution in [2.75, 3.05) is 13.2 Å². The van der Waals surface area contributed by atoms with Gasteiger partial charge in [0.2, 0.25) is 0 Å². The molecule has 0 spiro atoms. The summed E-state index contributed by atoms with van der Waals surface area (Å²) in [7, 11) is 0. The molecule has 0 unspecified atom stereocenters. The third-order valence-corrected chi connectivity index (χ3v) is 6.96. The fourth-order valence-corrected chi connectivity index (χ4v) is 4.85. The van der Waals surface area contributed by atoms with Gasteiger partial charge in [-0.3, -0.25) is 9.13 Å². The summed E-state index contributed by atoms with van der Waals surface area (Å²) < 4.78 is 16.1. The largest absolute Gasteiger partial charge is 0.494 e. The molecule has 0 N–H and O–H groups in total. The molecule has 6 aromatic rings. The SMILES string of the molecule is c1ccc2c(c1)ncn2-c1ccc(OCCCCCCCOc2ccc(-n3cnc4ccccc43)cc2)cc1. The molecule has 0 saturated carbocycles. The Kier molecular flexibility index (Phi) is 7.52. The molecule has 0 aliphatic carbocycles. The van der Waals surface area contributed by atoms with Crippen LogP contribution in [0.2, 0.25) is 0 Å². The first kappa shape index (κ1) is 24.7. The summed E-state index contributed by atoms with van der Waals surface area (Å²) in [5.74, 6) is 1.81. The van der Waals surface area contributed by atoms with Crippen molar-refractivity contribution in [1.82, 2.24) is 19.1 Å².